The first kappa shape index (κ1) is 19.6. The first-order chi connectivity index (χ1) is 10.6. The summed E-state index contributed by atoms with van der Waals surface area (Å²) < 4.78 is 0. The van der Waals surface area contributed by atoms with Crippen molar-refractivity contribution in [1.82, 2.24) is 0 Å². The van der Waals surface area contributed by atoms with Crippen molar-refractivity contribution in [2.45, 2.75) is 25.7 Å². The zero-order chi connectivity index (χ0) is 15.9. The molecule has 0 aromatic heterocycles. The molecule has 0 unspecified atom stereocenters. The van der Waals surface area contributed by atoms with Gasteiger partial charge in [-0.15, -0.1) is 17.4 Å². The van der Waals surface area contributed by atoms with Crippen molar-refractivity contribution in [3.63, 3.8) is 0 Å². The van der Waals surface area contributed by atoms with Gasteiger partial charge in [0, 0.05) is 10.6 Å². The molecule has 2 nitrogen and oxygen atoms in total. The number of benzene rings is 2. The summed E-state index contributed by atoms with van der Waals surface area (Å²) in [5, 5.41) is 4.66. The van der Waals surface area contributed by atoms with Crippen LogP contribution in [0.15, 0.2) is 70.2 Å². The van der Waals surface area contributed by atoms with E-state index >= 15 is 0 Å². The summed E-state index contributed by atoms with van der Waals surface area (Å²) in [5.41, 5.74) is 5.10. The Morgan fingerprint density at radius 3 is 2.39 bits per heavy atom. The van der Waals surface area contributed by atoms with Gasteiger partial charge in [-0.25, -0.2) is 0 Å². The van der Waals surface area contributed by atoms with Crippen molar-refractivity contribution in [2.24, 2.45) is 4.99 Å². The monoisotopic (exact) mass is 316 g/mol. The number of aryl methyl sites for hydroxylation is 1. The van der Waals surface area contributed by atoms with Gasteiger partial charge in [-0.3, -0.25) is 4.99 Å². The first-order valence-corrected chi connectivity index (χ1v) is 8.46. The van der Waals surface area contributed by atoms with Gasteiger partial charge in [-0.2, -0.15) is 5.70 Å². The van der Waals surface area contributed by atoms with Crippen molar-refractivity contribution >= 4 is 28.8 Å². The molecule has 114 valence electrons. The number of thioether (sulfide) groups is 1. The van der Waals surface area contributed by atoms with E-state index in [1.165, 1.54) is 10.5 Å². The van der Waals surface area contributed by atoms with Crippen LogP contribution in [-0.2, 0) is 0 Å². The predicted molar refractivity (Wildman–Crippen MR) is 98.9 cm³/mol. The third-order valence-corrected chi connectivity index (χ3v) is 4.00. The average Bonchev–Trinajstić information content (AvgIpc) is 2.50. The molecule has 2 aromatic rings. The van der Waals surface area contributed by atoms with Crippen LogP contribution in [0.1, 0.15) is 19.4 Å². The van der Waals surface area contributed by atoms with Gasteiger partial charge in [-0.05, 0) is 32.2 Å². The molecule has 0 saturated carbocycles. The molecule has 0 radical (unpaired) electrons. The minimum absolute atomic E-state index is 0. The Hall–Kier alpha value is -1.40. The van der Waals surface area contributed by atoms with Crippen molar-refractivity contribution in [3.05, 3.63) is 71.2 Å². The quantitative estimate of drug-likeness (QED) is 0.471. The molecule has 4 heteroatoms. The Bertz CT molecular complexity index is 708. The molecule has 0 aliphatic carbocycles. The molecule has 2 aromatic carbocycles. The van der Waals surface area contributed by atoms with E-state index in [0.29, 0.717) is 0 Å². The molecule has 2 rings (SSSR count). The molecule has 0 heterocycles. The fourth-order valence-corrected chi connectivity index (χ4v) is 2.70. The minimum atomic E-state index is 0. The van der Waals surface area contributed by atoms with Crippen LogP contribution in [0.3, 0.4) is 0 Å². The van der Waals surface area contributed by atoms with E-state index in [-0.39, 0.29) is 18.9 Å². The summed E-state index contributed by atoms with van der Waals surface area (Å²) >= 11 is 1.71. The summed E-state index contributed by atoms with van der Waals surface area (Å²) in [4.78, 5) is 5.88. The van der Waals surface area contributed by atoms with Crippen molar-refractivity contribution in [1.29, 1.82) is 0 Å². The van der Waals surface area contributed by atoms with Gasteiger partial charge in [0.1, 0.15) is 0 Å². The Kier molecular flexibility index (Phi) is 8.26. The molecule has 0 bridgehead atoms. The number of hydrogen-bond donors (Lipinski definition) is 0. The number of hydrogen-bond acceptors (Lipinski definition) is 2. The van der Waals surface area contributed by atoms with E-state index in [0.717, 1.165) is 22.8 Å². The van der Waals surface area contributed by atoms with Crippen LogP contribution in [0.2, 0.25) is 0 Å². The number of rotatable bonds is 5. The molecule has 0 spiro atoms. The van der Waals surface area contributed by atoms with Crippen LogP contribution < -0.4 is 18.9 Å². The second kappa shape index (κ2) is 9.67. The van der Waals surface area contributed by atoms with E-state index in [4.69, 9.17) is 4.99 Å². The van der Waals surface area contributed by atoms with E-state index in [2.05, 4.69) is 30.6 Å². The minimum Gasteiger partial charge on any atom is -0.661 e. The molecule has 0 aliphatic rings. The third-order valence-electron chi connectivity index (χ3n) is 3.21. The number of nitrogens with zero attached hydrogens (tertiary/aromatic N) is 2. The molecular weight excluding hydrogens is 295 g/mol. The maximum atomic E-state index is 4.69. The fourth-order valence-electron chi connectivity index (χ4n) is 2.16. The normalized spacial score (nSPS) is 11.8. The fraction of sp³-hybridized carbons (Fsp3) is 0.211. The van der Waals surface area contributed by atoms with E-state index in [1.807, 2.05) is 56.3 Å². The van der Waals surface area contributed by atoms with Gasteiger partial charge < -0.3 is 5.32 Å². The molecule has 0 atom stereocenters. The zero-order valence-corrected chi connectivity index (χ0v) is 15.3. The summed E-state index contributed by atoms with van der Waals surface area (Å²) in [5.74, 6) is 0. The van der Waals surface area contributed by atoms with Gasteiger partial charge in [0.05, 0.1) is 5.69 Å². The summed E-state index contributed by atoms with van der Waals surface area (Å²) in [7, 11) is 0. The van der Waals surface area contributed by atoms with Gasteiger partial charge in [0.25, 0.3) is 0 Å². The van der Waals surface area contributed by atoms with Crippen LogP contribution in [0.4, 0.5) is 11.4 Å². The Morgan fingerprint density at radius 1 is 1.04 bits per heavy atom. The van der Waals surface area contributed by atoms with Crippen LogP contribution >= 0.6 is 11.8 Å². The molecule has 0 fully saturated rings. The standard InChI is InChI=1S/C19H21N2S.Li/c1-14-9-5-6-10-17(14)20-15(2)13-16(3)21-18-11-7-8-12-19(18)22-4;/h5-13H,1-4H3;/q-1;+1/b15-13-,21-16?;. The SMILES string of the molecule is CSc1ccccc1N=C(C)/C=C(/C)[N-]c1ccccc1C.[Li+]. The average molecular weight is 316 g/mol. The van der Waals surface area contributed by atoms with Crippen LogP contribution in [0, 0.1) is 6.92 Å². The predicted octanol–water partition coefficient (Wildman–Crippen LogP) is 3.42. The largest absolute Gasteiger partial charge is 1.00 e. The summed E-state index contributed by atoms with van der Waals surface area (Å²) in [6.45, 7) is 6.09. The Balaban J connectivity index is 0.00000264. The summed E-state index contributed by atoms with van der Waals surface area (Å²) in [6, 6.07) is 16.3. The van der Waals surface area contributed by atoms with Crippen LogP contribution in [0.25, 0.3) is 5.32 Å². The molecule has 0 N–H and O–H groups in total. The van der Waals surface area contributed by atoms with E-state index in [9.17, 15) is 0 Å². The molecule has 0 aliphatic heterocycles. The summed E-state index contributed by atoms with van der Waals surface area (Å²) in [6.07, 6.45) is 4.09. The van der Waals surface area contributed by atoms with E-state index in [1.54, 1.807) is 11.8 Å². The Morgan fingerprint density at radius 2 is 1.70 bits per heavy atom. The smallest absolute Gasteiger partial charge is 0.661 e. The number of allylic oxidation sites excluding steroid dienone is 2. The van der Waals surface area contributed by atoms with Gasteiger partial charge in [-0.1, -0.05) is 55.0 Å². The van der Waals surface area contributed by atoms with Crippen LogP contribution in [0.5, 0.6) is 0 Å². The maximum Gasteiger partial charge on any atom is 1.00 e. The first-order valence-electron chi connectivity index (χ1n) is 7.24. The molecular formula is C19H21LiN2S. The van der Waals surface area contributed by atoms with Gasteiger partial charge in [0.15, 0.2) is 0 Å². The Labute approximate surface area is 155 Å². The van der Waals surface area contributed by atoms with Crippen molar-refractivity contribution in [2.75, 3.05) is 6.26 Å². The van der Waals surface area contributed by atoms with Crippen molar-refractivity contribution in [3.8, 4) is 0 Å². The number of para-hydroxylation sites is 2. The molecule has 0 saturated heterocycles. The number of aliphatic imine (C=N–C) groups is 1. The second-order valence-corrected chi connectivity index (χ2v) is 5.96. The third kappa shape index (κ3) is 5.95. The molecule has 0 amide bonds. The van der Waals surface area contributed by atoms with Crippen LogP contribution in [-0.4, -0.2) is 12.0 Å². The maximum absolute atomic E-state index is 4.69. The zero-order valence-electron chi connectivity index (χ0n) is 14.5. The van der Waals surface area contributed by atoms with Gasteiger partial charge in [0.2, 0.25) is 0 Å². The second-order valence-electron chi connectivity index (χ2n) is 5.11. The van der Waals surface area contributed by atoms with Crippen molar-refractivity contribution < 1.29 is 18.9 Å². The van der Waals surface area contributed by atoms with Gasteiger partial charge >= 0.3 is 18.9 Å². The molecule has 23 heavy (non-hydrogen) atoms. The van der Waals surface area contributed by atoms with E-state index < -0.39 is 0 Å². The topological polar surface area (TPSA) is 26.5 Å².